The highest BCUT2D eigenvalue weighted by atomic mass is 16.5. The summed E-state index contributed by atoms with van der Waals surface area (Å²) in [5.41, 5.74) is 3.15. The van der Waals surface area contributed by atoms with Crippen molar-refractivity contribution >= 4 is 11.7 Å². The molecule has 0 spiro atoms. The van der Waals surface area contributed by atoms with Crippen molar-refractivity contribution in [3.63, 3.8) is 0 Å². The van der Waals surface area contributed by atoms with E-state index in [1.807, 2.05) is 12.1 Å². The van der Waals surface area contributed by atoms with Crippen molar-refractivity contribution in [2.45, 2.75) is 38.0 Å². The minimum Gasteiger partial charge on any atom is -0.465 e. The maximum absolute atomic E-state index is 11.5. The van der Waals surface area contributed by atoms with Crippen molar-refractivity contribution in [2.75, 3.05) is 19.0 Å². The van der Waals surface area contributed by atoms with Gasteiger partial charge >= 0.3 is 5.97 Å². The second kappa shape index (κ2) is 5.24. The summed E-state index contributed by atoms with van der Waals surface area (Å²) in [6.07, 6.45) is 6.84. The Bertz CT molecular complexity index is 478. The Labute approximate surface area is 114 Å². The second-order valence-corrected chi connectivity index (χ2v) is 5.68. The fraction of sp³-hybridized carbons (Fsp3) is 0.562. The van der Waals surface area contributed by atoms with Gasteiger partial charge in [-0.1, -0.05) is 25.3 Å². The molecule has 1 N–H and O–H groups in total. The van der Waals surface area contributed by atoms with Gasteiger partial charge in [0, 0.05) is 18.2 Å². The van der Waals surface area contributed by atoms with Gasteiger partial charge in [-0.2, -0.15) is 0 Å². The highest BCUT2D eigenvalue weighted by molar-refractivity contribution is 5.91. The normalized spacial score (nSPS) is 22.7. The zero-order valence-electron chi connectivity index (χ0n) is 11.4. The van der Waals surface area contributed by atoms with E-state index in [2.05, 4.69) is 11.4 Å². The molecular formula is C16H21NO2. The lowest BCUT2D eigenvalue weighted by atomic mass is 9.77. The standard InChI is InChI=1S/C16H21NO2/c1-19-16(18)12-7-8-13-14(10-17-15(13)9-12)11-5-3-2-4-6-11/h7-9,11,14,17H,2-6,10H2,1H3. The van der Waals surface area contributed by atoms with Gasteiger partial charge in [0.1, 0.15) is 0 Å². The fourth-order valence-corrected chi connectivity index (χ4v) is 3.56. The topological polar surface area (TPSA) is 38.3 Å². The summed E-state index contributed by atoms with van der Waals surface area (Å²) in [4.78, 5) is 11.5. The van der Waals surface area contributed by atoms with Crippen LogP contribution in [0.1, 0.15) is 53.9 Å². The zero-order chi connectivity index (χ0) is 13.2. The first kappa shape index (κ1) is 12.5. The molecule has 1 fully saturated rings. The van der Waals surface area contributed by atoms with Crippen molar-refractivity contribution in [1.29, 1.82) is 0 Å². The van der Waals surface area contributed by atoms with Crippen LogP contribution in [0.3, 0.4) is 0 Å². The molecule has 0 bridgehead atoms. The molecule has 1 unspecified atom stereocenters. The van der Waals surface area contributed by atoms with Crippen LogP contribution in [0, 0.1) is 5.92 Å². The maximum atomic E-state index is 11.5. The third kappa shape index (κ3) is 2.34. The van der Waals surface area contributed by atoms with Crippen LogP contribution in [0.5, 0.6) is 0 Å². The summed E-state index contributed by atoms with van der Waals surface area (Å²) in [5, 5.41) is 3.46. The van der Waals surface area contributed by atoms with Crippen LogP contribution < -0.4 is 5.32 Å². The van der Waals surface area contributed by atoms with E-state index < -0.39 is 0 Å². The molecule has 1 heterocycles. The van der Waals surface area contributed by atoms with Crippen LogP contribution in [0.4, 0.5) is 5.69 Å². The smallest absolute Gasteiger partial charge is 0.337 e. The number of anilines is 1. The molecule has 2 aliphatic rings. The average molecular weight is 259 g/mol. The number of methoxy groups -OCH3 is 1. The van der Waals surface area contributed by atoms with Crippen molar-refractivity contribution in [3.8, 4) is 0 Å². The molecule has 0 saturated heterocycles. The SMILES string of the molecule is COC(=O)c1ccc2c(c1)NCC2C1CCCCC1. The van der Waals surface area contributed by atoms with Crippen molar-refractivity contribution in [3.05, 3.63) is 29.3 Å². The summed E-state index contributed by atoms with van der Waals surface area (Å²) < 4.78 is 4.77. The fourth-order valence-electron chi connectivity index (χ4n) is 3.56. The summed E-state index contributed by atoms with van der Waals surface area (Å²) in [6, 6.07) is 5.94. The molecule has 3 rings (SSSR count). The van der Waals surface area contributed by atoms with Gasteiger partial charge < -0.3 is 10.1 Å². The Morgan fingerprint density at radius 3 is 2.79 bits per heavy atom. The van der Waals surface area contributed by atoms with E-state index in [1.165, 1.54) is 44.8 Å². The Morgan fingerprint density at radius 2 is 2.05 bits per heavy atom. The summed E-state index contributed by atoms with van der Waals surface area (Å²) in [6.45, 7) is 1.02. The number of fused-ring (bicyclic) bond motifs is 1. The molecule has 3 nitrogen and oxygen atoms in total. The third-order valence-electron chi connectivity index (χ3n) is 4.61. The highest BCUT2D eigenvalue weighted by Gasteiger charge is 2.30. The van der Waals surface area contributed by atoms with Crippen LogP contribution in [0.15, 0.2) is 18.2 Å². The number of ether oxygens (including phenoxy) is 1. The number of carbonyl (C=O) groups is 1. The van der Waals surface area contributed by atoms with Crippen LogP contribution in [0.2, 0.25) is 0 Å². The van der Waals surface area contributed by atoms with Gasteiger partial charge in [-0.25, -0.2) is 4.79 Å². The largest absolute Gasteiger partial charge is 0.465 e. The van der Waals surface area contributed by atoms with Gasteiger partial charge in [0.25, 0.3) is 0 Å². The van der Waals surface area contributed by atoms with E-state index in [1.54, 1.807) is 0 Å². The maximum Gasteiger partial charge on any atom is 0.337 e. The molecule has 102 valence electrons. The Hall–Kier alpha value is -1.51. The van der Waals surface area contributed by atoms with Gasteiger partial charge in [0.05, 0.1) is 12.7 Å². The zero-order valence-corrected chi connectivity index (χ0v) is 11.4. The first-order valence-corrected chi connectivity index (χ1v) is 7.25. The molecule has 1 aromatic carbocycles. The molecular weight excluding hydrogens is 238 g/mol. The molecule has 1 aromatic rings. The van der Waals surface area contributed by atoms with Crippen molar-refractivity contribution < 1.29 is 9.53 Å². The van der Waals surface area contributed by atoms with E-state index in [0.717, 1.165) is 18.2 Å². The number of carbonyl (C=O) groups excluding carboxylic acids is 1. The van der Waals surface area contributed by atoms with Crippen molar-refractivity contribution in [1.82, 2.24) is 0 Å². The number of benzene rings is 1. The second-order valence-electron chi connectivity index (χ2n) is 5.68. The number of esters is 1. The molecule has 3 heteroatoms. The lowest BCUT2D eigenvalue weighted by molar-refractivity contribution is 0.0601. The molecule has 1 atom stereocenters. The molecule has 19 heavy (non-hydrogen) atoms. The minimum atomic E-state index is -0.259. The monoisotopic (exact) mass is 259 g/mol. The highest BCUT2D eigenvalue weighted by Crippen LogP contribution is 2.42. The predicted molar refractivity (Wildman–Crippen MR) is 75.6 cm³/mol. The Balaban J connectivity index is 1.82. The van der Waals surface area contributed by atoms with Crippen LogP contribution in [-0.4, -0.2) is 19.6 Å². The van der Waals surface area contributed by atoms with E-state index in [0.29, 0.717) is 11.5 Å². The summed E-state index contributed by atoms with van der Waals surface area (Å²) in [7, 11) is 1.42. The summed E-state index contributed by atoms with van der Waals surface area (Å²) in [5.74, 6) is 1.18. The lowest BCUT2D eigenvalue weighted by Gasteiger charge is -2.27. The lowest BCUT2D eigenvalue weighted by Crippen LogP contribution is -2.17. The molecule has 1 saturated carbocycles. The first-order chi connectivity index (χ1) is 9.29. The Morgan fingerprint density at radius 1 is 1.26 bits per heavy atom. The van der Waals surface area contributed by atoms with Crippen molar-refractivity contribution in [2.24, 2.45) is 5.92 Å². The quantitative estimate of drug-likeness (QED) is 0.825. The van der Waals surface area contributed by atoms with E-state index >= 15 is 0 Å². The van der Waals surface area contributed by atoms with Crippen LogP contribution in [0.25, 0.3) is 0 Å². The number of hydrogen-bond acceptors (Lipinski definition) is 3. The van der Waals surface area contributed by atoms with E-state index in [9.17, 15) is 4.79 Å². The summed E-state index contributed by atoms with van der Waals surface area (Å²) >= 11 is 0. The van der Waals surface area contributed by atoms with Gasteiger partial charge in [0.15, 0.2) is 0 Å². The van der Waals surface area contributed by atoms with E-state index in [4.69, 9.17) is 4.74 Å². The number of rotatable bonds is 2. The van der Waals surface area contributed by atoms with Crippen LogP contribution in [-0.2, 0) is 4.74 Å². The molecule has 0 aromatic heterocycles. The minimum absolute atomic E-state index is 0.259. The van der Waals surface area contributed by atoms with Gasteiger partial charge in [-0.3, -0.25) is 0 Å². The van der Waals surface area contributed by atoms with Crippen LogP contribution >= 0.6 is 0 Å². The molecule has 1 aliphatic heterocycles. The van der Waals surface area contributed by atoms with Gasteiger partial charge in [-0.05, 0) is 36.5 Å². The molecule has 0 radical (unpaired) electrons. The Kier molecular flexibility index (Phi) is 3.45. The number of hydrogen-bond donors (Lipinski definition) is 1. The number of nitrogens with one attached hydrogen (secondary N) is 1. The molecule has 0 amide bonds. The van der Waals surface area contributed by atoms with E-state index in [-0.39, 0.29) is 5.97 Å². The average Bonchev–Trinajstić information content (AvgIpc) is 2.90. The molecule has 1 aliphatic carbocycles. The van der Waals surface area contributed by atoms with Gasteiger partial charge in [0.2, 0.25) is 0 Å². The van der Waals surface area contributed by atoms with Gasteiger partial charge in [-0.15, -0.1) is 0 Å². The third-order valence-corrected chi connectivity index (χ3v) is 4.61. The first-order valence-electron chi connectivity index (χ1n) is 7.25. The predicted octanol–water partition coefficient (Wildman–Crippen LogP) is 3.56.